The Morgan fingerprint density at radius 1 is 1.50 bits per heavy atom. The van der Waals surface area contributed by atoms with Crippen molar-refractivity contribution in [2.45, 2.75) is 50.4 Å². The predicted octanol–water partition coefficient (Wildman–Crippen LogP) is 2.27. The van der Waals surface area contributed by atoms with E-state index < -0.39 is 10.0 Å². The van der Waals surface area contributed by atoms with Crippen molar-refractivity contribution in [1.29, 1.82) is 0 Å². The van der Waals surface area contributed by atoms with Gasteiger partial charge in [0.25, 0.3) is 0 Å². The number of hydrogen-bond donors (Lipinski definition) is 1. The molecule has 1 aromatic rings. The first kappa shape index (κ1) is 15.5. The third-order valence-corrected chi connectivity index (χ3v) is 5.48. The maximum atomic E-state index is 12.5. The standard InChI is InChI=1S/C11H20ClN3O2S/c1-5-6-8(2)15(4)18(16,17)11-9(3)13-14-10(11)7-12/h8H,5-7H2,1-4H3,(H,13,14). The van der Waals surface area contributed by atoms with Crippen LogP contribution in [0, 0.1) is 6.92 Å². The summed E-state index contributed by atoms with van der Waals surface area (Å²) in [7, 11) is -1.94. The largest absolute Gasteiger partial charge is 0.281 e. The molecule has 0 saturated heterocycles. The Hall–Kier alpha value is -0.590. The normalized spacial score (nSPS) is 14.1. The third-order valence-electron chi connectivity index (χ3n) is 3.05. The van der Waals surface area contributed by atoms with Crippen LogP contribution in [0.15, 0.2) is 4.90 Å². The molecule has 18 heavy (non-hydrogen) atoms. The molecule has 1 rings (SSSR count). The average molecular weight is 294 g/mol. The molecule has 0 bridgehead atoms. The molecule has 0 spiro atoms. The Bertz CT molecular complexity index is 498. The fourth-order valence-corrected chi connectivity index (χ4v) is 3.87. The van der Waals surface area contributed by atoms with Gasteiger partial charge in [-0.25, -0.2) is 8.42 Å². The lowest BCUT2D eigenvalue weighted by Gasteiger charge is -2.24. The van der Waals surface area contributed by atoms with Crippen molar-refractivity contribution in [3.8, 4) is 0 Å². The van der Waals surface area contributed by atoms with E-state index in [4.69, 9.17) is 11.6 Å². The van der Waals surface area contributed by atoms with Crippen LogP contribution in [0.5, 0.6) is 0 Å². The molecule has 1 unspecified atom stereocenters. The van der Waals surface area contributed by atoms with Gasteiger partial charge >= 0.3 is 0 Å². The van der Waals surface area contributed by atoms with Crippen molar-refractivity contribution < 1.29 is 8.42 Å². The fraction of sp³-hybridized carbons (Fsp3) is 0.727. The highest BCUT2D eigenvalue weighted by atomic mass is 35.5. The minimum absolute atomic E-state index is 0.0440. The second-order valence-corrected chi connectivity index (χ2v) is 6.62. The first-order chi connectivity index (χ1) is 8.36. The van der Waals surface area contributed by atoms with Crippen molar-refractivity contribution in [2.75, 3.05) is 7.05 Å². The van der Waals surface area contributed by atoms with Crippen LogP contribution >= 0.6 is 11.6 Å². The number of nitrogens with one attached hydrogen (secondary N) is 1. The minimum atomic E-state index is -3.54. The topological polar surface area (TPSA) is 66.1 Å². The van der Waals surface area contributed by atoms with Crippen LogP contribution in [-0.4, -0.2) is 36.0 Å². The summed E-state index contributed by atoms with van der Waals surface area (Å²) in [5.74, 6) is 0.0783. The van der Waals surface area contributed by atoms with E-state index >= 15 is 0 Å². The van der Waals surface area contributed by atoms with Gasteiger partial charge in [0.1, 0.15) is 4.90 Å². The molecule has 0 aromatic carbocycles. The molecule has 5 nitrogen and oxygen atoms in total. The number of halogens is 1. The molecule has 0 aliphatic rings. The number of aryl methyl sites for hydroxylation is 1. The van der Waals surface area contributed by atoms with Gasteiger partial charge in [-0.2, -0.15) is 9.40 Å². The maximum Gasteiger partial charge on any atom is 0.246 e. The second kappa shape index (κ2) is 6.04. The number of nitrogens with zero attached hydrogens (tertiary/aromatic N) is 2. The number of rotatable bonds is 6. The van der Waals surface area contributed by atoms with E-state index in [1.807, 2.05) is 13.8 Å². The van der Waals surface area contributed by atoms with Gasteiger partial charge in [0, 0.05) is 13.1 Å². The molecule has 0 radical (unpaired) electrons. The third kappa shape index (κ3) is 2.87. The summed E-state index contributed by atoms with van der Waals surface area (Å²) >= 11 is 5.73. The van der Waals surface area contributed by atoms with Gasteiger partial charge in [0.05, 0.1) is 17.3 Å². The fourth-order valence-electron chi connectivity index (χ4n) is 1.88. The van der Waals surface area contributed by atoms with E-state index in [9.17, 15) is 8.42 Å². The summed E-state index contributed by atoms with van der Waals surface area (Å²) in [6.45, 7) is 5.62. The highest BCUT2D eigenvalue weighted by Gasteiger charge is 2.30. The van der Waals surface area contributed by atoms with Crippen molar-refractivity contribution >= 4 is 21.6 Å². The molecule has 1 heterocycles. The van der Waals surface area contributed by atoms with Crippen molar-refractivity contribution in [3.05, 3.63) is 11.4 Å². The molecule has 1 aromatic heterocycles. The van der Waals surface area contributed by atoms with Crippen molar-refractivity contribution in [3.63, 3.8) is 0 Å². The molecule has 0 aliphatic carbocycles. The van der Waals surface area contributed by atoms with Crippen LogP contribution in [-0.2, 0) is 15.9 Å². The predicted molar refractivity (Wildman–Crippen MR) is 72.2 cm³/mol. The molecule has 104 valence electrons. The zero-order valence-electron chi connectivity index (χ0n) is 11.2. The lowest BCUT2D eigenvalue weighted by Crippen LogP contribution is -2.35. The summed E-state index contributed by atoms with van der Waals surface area (Å²) in [5, 5.41) is 6.61. The van der Waals surface area contributed by atoms with Gasteiger partial charge < -0.3 is 0 Å². The van der Waals surface area contributed by atoms with Crippen molar-refractivity contribution in [2.24, 2.45) is 0 Å². The maximum absolute atomic E-state index is 12.5. The van der Waals surface area contributed by atoms with Crippen LogP contribution in [0.25, 0.3) is 0 Å². The molecular formula is C11H20ClN3O2S. The molecule has 0 fully saturated rings. The summed E-state index contributed by atoms with van der Waals surface area (Å²) in [6, 6.07) is -0.0440. The number of alkyl halides is 1. The number of sulfonamides is 1. The molecule has 0 amide bonds. The zero-order valence-corrected chi connectivity index (χ0v) is 12.8. The lowest BCUT2D eigenvalue weighted by atomic mass is 10.2. The number of hydrogen-bond acceptors (Lipinski definition) is 3. The Morgan fingerprint density at radius 3 is 2.61 bits per heavy atom. The molecule has 1 atom stereocenters. The zero-order chi connectivity index (χ0) is 13.9. The summed E-state index contributed by atoms with van der Waals surface area (Å²) in [6.07, 6.45) is 1.76. The van der Waals surface area contributed by atoms with Crippen LogP contribution in [0.2, 0.25) is 0 Å². The minimum Gasteiger partial charge on any atom is -0.281 e. The average Bonchev–Trinajstić information content (AvgIpc) is 2.70. The highest BCUT2D eigenvalue weighted by Crippen LogP contribution is 2.24. The first-order valence-electron chi connectivity index (χ1n) is 5.94. The SMILES string of the molecule is CCCC(C)N(C)S(=O)(=O)c1c(CCl)n[nH]c1C. The van der Waals surface area contributed by atoms with E-state index in [0.29, 0.717) is 11.4 Å². The highest BCUT2D eigenvalue weighted by molar-refractivity contribution is 7.89. The monoisotopic (exact) mass is 293 g/mol. The number of H-pyrrole nitrogens is 1. The molecule has 0 aliphatic heterocycles. The van der Waals surface area contributed by atoms with E-state index in [1.165, 1.54) is 4.31 Å². The Labute approximate surface area is 114 Å². The van der Waals surface area contributed by atoms with Gasteiger partial charge in [-0.3, -0.25) is 5.10 Å². The number of aromatic nitrogens is 2. The van der Waals surface area contributed by atoms with Gasteiger partial charge in [-0.1, -0.05) is 13.3 Å². The number of aromatic amines is 1. The Kier molecular flexibility index (Phi) is 5.19. The molecular weight excluding hydrogens is 274 g/mol. The van der Waals surface area contributed by atoms with Crippen LogP contribution in [0.4, 0.5) is 0 Å². The summed E-state index contributed by atoms with van der Waals surface area (Å²) in [5.41, 5.74) is 0.908. The quantitative estimate of drug-likeness (QED) is 0.818. The first-order valence-corrected chi connectivity index (χ1v) is 7.91. The molecule has 1 N–H and O–H groups in total. The van der Waals surface area contributed by atoms with E-state index in [1.54, 1.807) is 14.0 Å². The summed E-state index contributed by atoms with van der Waals surface area (Å²) < 4.78 is 26.4. The smallest absolute Gasteiger partial charge is 0.246 e. The lowest BCUT2D eigenvalue weighted by molar-refractivity contribution is 0.368. The second-order valence-electron chi connectivity index (χ2n) is 4.42. The van der Waals surface area contributed by atoms with Gasteiger partial charge in [-0.05, 0) is 20.3 Å². The van der Waals surface area contributed by atoms with Crippen molar-refractivity contribution in [1.82, 2.24) is 14.5 Å². The Balaban J connectivity index is 3.17. The van der Waals surface area contributed by atoms with Crippen LogP contribution in [0.3, 0.4) is 0 Å². The van der Waals surface area contributed by atoms with Gasteiger partial charge in [-0.15, -0.1) is 11.6 Å². The van der Waals surface area contributed by atoms with Crippen LogP contribution < -0.4 is 0 Å². The van der Waals surface area contributed by atoms with Gasteiger partial charge in [0.2, 0.25) is 10.0 Å². The van der Waals surface area contributed by atoms with E-state index in [2.05, 4.69) is 10.2 Å². The molecule has 7 heteroatoms. The van der Waals surface area contributed by atoms with E-state index in [-0.39, 0.29) is 16.8 Å². The van der Waals surface area contributed by atoms with Gasteiger partial charge in [0.15, 0.2) is 0 Å². The van der Waals surface area contributed by atoms with E-state index in [0.717, 1.165) is 12.8 Å². The Morgan fingerprint density at radius 2 is 2.11 bits per heavy atom. The summed E-state index contributed by atoms with van der Waals surface area (Å²) in [4.78, 5) is 0.211. The van der Waals surface area contributed by atoms with Crippen LogP contribution in [0.1, 0.15) is 38.1 Å². The molecule has 0 saturated carbocycles.